The largest absolute Gasteiger partial charge is 0.416 e. The van der Waals surface area contributed by atoms with E-state index in [4.69, 9.17) is 0 Å². The third-order valence-corrected chi connectivity index (χ3v) is 3.53. The summed E-state index contributed by atoms with van der Waals surface area (Å²) in [5.41, 5.74) is 0.947. The van der Waals surface area contributed by atoms with E-state index in [1.807, 2.05) is 6.92 Å². The predicted octanol–water partition coefficient (Wildman–Crippen LogP) is 4.12. The second kappa shape index (κ2) is 6.91. The van der Waals surface area contributed by atoms with E-state index >= 15 is 0 Å². The quantitative estimate of drug-likeness (QED) is 0.765. The first-order valence-electron chi connectivity index (χ1n) is 7.56. The lowest BCUT2D eigenvalue weighted by Gasteiger charge is -2.08. The van der Waals surface area contributed by atoms with Crippen molar-refractivity contribution in [3.63, 3.8) is 0 Å². The molecule has 0 bridgehead atoms. The third-order valence-electron chi connectivity index (χ3n) is 3.53. The van der Waals surface area contributed by atoms with Gasteiger partial charge in [-0.1, -0.05) is 18.2 Å². The van der Waals surface area contributed by atoms with Crippen molar-refractivity contribution in [3.05, 3.63) is 71.8 Å². The van der Waals surface area contributed by atoms with Gasteiger partial charge in [-0.15, -0.1) is 0 Å². The molecule has 0 saturated heterocycles. The molecule has 0 spiro atoms. The number of aromatic nitrogens is 3. The molecule has 2 heterocycles. The number of aryl methyl sites for hydroxylation is 1. The zero-order valence-electron chi connectivity index (χ0n) is 13.6. The molecule has 0 unspecified atom stereocenters. The second-order valence-corrected chi connectivity index (χ2v) is 5.54. The van der Waals surface area contributed by atoms with Gasteiger partial charge < -0.3 is 5.32 Å². The molecule has 0 aliphatic rings. The third kappa shape index (κ3) is 4.02. The average molecular weight is 358 g/mol. The van der Waals surface area contributed by atoms with Crippen molar-refractivity contribution in [1.29, 1.82) is 0 Å². The van der Waals surface area contributed by atoms with Crippen LogP contribution in [0.25, 0.3) is 11.3 Å². The Kier molecular flexibility index (Phi) is 4.66. The van der Waals surface area contributed by atoms with Crippen LogP contribution in [0.15, 0.2) is 55.0 Å². The lowest BCUT2D eigenvalue weighted by Crippen LogP contribution is -2.15. The number of halogens is 3. The molecule has 0 aliphatic heterocycles. The summed E-state index contributed by atoms with van der Waals surface area (Å²) in [6, 6.07) is 7.94. The van der Waals surface area contributed by atoms with Gasteiger partial charge in [0.05, 0.1) is 23.7 Å². The van der Waals surface area contributed by atoms with Crippen LogP contribution in [0.2, 0.25) is 0 Å². The molecule has 26 heavy (non-hydrogen) atoms. The molecule has 1 amide bonds. The Hall–Kier alpha value is -3.29. The van der Waals surface area contributed by atoms with Crippen LogP contribution in [0.5, 0.6) is 0 Å². The second-order valence-electron chi connectivity index (χ2n) is 5.54. The van der Waals surface area contributed by atoms with E-state index in [9.17, 15) is 18.0 Å². The summed E-state index contributed by atoms with van der Waals surface area (Å²) < 4.78 is 37.9. The zero-order chi connectivity index (χ0) is 18.7. The van der Waals surface area contributed by atoms with Crippen LogP contribution in [0, 0.1) is 6.92 Å². The number of alkyl halides is 3. The molecule has 3 rings (SSSR count). The number of rotatable bonds is 3. The van der Waals surface area contributed by atoms with E-state index in [0.29, 0.717) is 17.1 Å². The maximum Gasteiger partial charge on any atom is 0.416 e. The molecule has 0 saturated carbocycles. The minimum absolute atomic E-state index is 0.0322. The predicted molar refractivity (Wildman–Crippen MR) is 89.4 cm³/mol. The van der Waals surface area contributed by atoms with Crippen LogP contribution in [0.1, 0.15) is 21.6 Å². The highest BCUT2D eigenvalue weighted by Gasteiger charge is 2.30. The van der Waals surface area contributed by atoms with Crippen LogP contribution in [0.3, 0.4) is 0 Å². The molecule has 0 atom stereocenters. The Morgan fingerprint density at radius 3 is 2.35 bits per heavy atom. The summed E-state index contributed by atoms with van der Waals surface area (Å²) in [5, 5.41) is 2.59. The molecule has 1 aromatic carbocycles. The van der Waals surface area contributed by atoms with Gasteiger partial charge >= 0.3 is 6.18 Å². The Morgan fingerprint density at radius 2 is 1.73 bits per heavy atom. The van der Waals surface area contributed by atoms with E-state index < -0.39 is 17.6 Å². The standard InChI is InChI=1S/C18H13F3N4O/c1-11-2-7-16(23-8-11)25-17(26)15-10-22-9-14(24-15)12-3-5-13(6-4-12)18(19,20)21/h2-10H,1H3,(H,23,25,26). The van der Waals surface area contributed by atoms with Crippen LogP contribution >= 0.6 is 0 Å². The highest BCUT2D eigenvalue weighted by atomic mass is 19.4. The highest BCUT2D eigenvalue weighted by molar-refractivity contribution is 6.02. The summed E-state index contributed by atoms with van der Waals surface area (Å²) in [4.78, 5) is 24.4. The van der Waals surface area contributed by atoms with Crippen LogP contribution in [-0.4, -0.2) is 20.9 Å². The van der Waals surface area contributed by atoms with Crippen molar-refractivity contribution in [2.75, 3.05) is 5.32 Å². The molecular formula is C18H13F3N4O. The molecular weight excluding hydrogens is 345 g/mol. The summed E-state index contributed by atoms with van der Waals surface area (Å²) in [5.74, 6) is -0.148. The first kappa shape index (κ1) is 17.5. The highest BCUT2D eigenvalue weighted by Crippen LogP contribution is 2.30. The fourth-order valence-electron chi connectivity index (χ4n) is 2.17. The fraction of sp³-hybridized carbons (Fsp3) is 0.111. The monoisotopic (exact) mass is 358 g/mol. The number of benzene rings is 1. The van der Waals surface area contributed by atoms with Crippen molar-refractivity contribution in [3.8, 4) is 11.3 Å². The number of hydrogen-bond donors (Lipinski definition) is 1. The van der Waals surface area contributed by atoms with Crippen LogP contribution in [0.4, 0.5) is 19.0 Å². The van der Waals surface area contributed by atoms with Gasteiger partial charge in [0, 0.05) is 11.8 Å². The smallest absolute Gasteiger partial charge is 0.305 e. The first-order valence-corrected chi connectivity index (χ1v) is 7.56. The fourth-order valence-corrected chi connectivity index (χ4v) is 2.17. The summed E-state index contributed by atoms with van der Waals surface area (Å²) in [7, 11) is 0. The van der Waals surface area contributed by atoms with Crippen LogP contribution in [-0.2, 0) is 6.18 Å². The Balaban J connectivity index is 1.81. The minimum atomic E-state index is -4.41. The van der Waals surface area contributed by atoms with E-state index in [0.717, 1.165) is 17.7 Å². The van der Waals surface area contributed by atoms with Gasteiger partial charge in [0.2, 0.25) is 0 Å². The number of amides is 1. The Bertz CT molecular complexity index is 922. The van der Waals surface area contributed by atoms with Gasteiger partial charge in [-0.3, -0.25) is 9.78 Å². The molecule has 2 aromatic heterocycles. The average Bonchev–Trinajstić information content (AvgIpc) is 2.63. The number of nitrogens with zero attached hydrogens (tertiary/aromatic N) is 3. The molecule has 132 valence electrons. The lowest BCUT2D eigenvalue weighted by atomic mass is 10.1. The zero-order valence-corrected chi connectivity index (χ0v) is 13.6. The Labute approximate surface area is 147 Å². The van der Waals surface area contributed by atoms with Crippen LogP contribution < -0.4 is 5.32 Å². The van der Waals surface area contributed by atoms with Gasteiger partial charge in [-0.2, -0.15) is 13.2 Å². The van der Waals surface area contributed by atoms with Crippen molar-refractivity contribution in [2.45, 2.75) is 13.1 Å². The van der Waals surface area contributed by atoms with E-state index in [1.165, 1.54) is 24.5 Å². The van der Waals surface area contributed by atoms with Gasteiger partial charge in [0.15, 0.2) is 0 Å². The van der Waals surface area contributed by atoms with Crippen molar-refractivity contribution in [1.82, 2.24) is 15.0 Å². The van der Waals surface area contributed by atoms with E-state index in [2.05, 4.69) is 20.3 Å². The number of anilines is 1. The SMILES string of the molecule is Cc1ccc(NC(=O)c2cncc(-c3ccc(C(F)(F)F)cc3)n2)nc1. The number of carbonyl (C=O) groups is 1. The van der Waals surface area contributed by atoms with Crippen molar-refractivity contribution >= 4 is 11.7 Å². The molecule has 0 fully saturated rings. The molecule has 5 nitrogen and oxygen atoms in total. The maximum atomic E-state index is 12.6. The number of pyridine rings is 1. The summed E-state index contributed by atoms with van der Waals surface area (Å²) >= 11 is 0. The van der Waals surface area contributed by atoms with E-state index in [-0.39, 0.29) is 5.69 Å². The summed E-state index contributed by atoms with van der Waals surface area (Å²) in [6.45, 7) is 1.87. The first-order chi connectivity index (χ1) is 12.3. The molecule has 0 aliphatic carbocycles. The minimum Gasteiger partial charge on any atom is -0.305 e. The molecule has 1 N–H and O–H groups in total. The van der Waals surface area contributed by atoms with E-state index in [1.54, 1.807) is 18.3 Å². The Morgan fingerprint density at radius 1 is 1.00 bits per heavy atom. The number of nitrogens with one attached hydrogen (secondary N) is 1. The van der Waals surface area contributed by atoms with Gasteiger partial charge in [-0.25, -0.2) is 9.97 Å². The van der Waals surface area contributed by atoms with Crippen molar-refractivity contribution < 1.29 is 18.0 Å². The van der Waals surface area contributed by atoms with Gasteiger partial charge in [-0.05, 0) is 30.7 Å². The maximum absolute atomic E-state index is 12.6. The van der Waals surface area contributed by atoms with Gasteiger partial charge in [0.25, 0.3) is 5.91 Å². The van der Waals surface area contributed by atoms with Gasteiger partial charge in [0.1, 0.15) is 11.5 Å². The topological polar surface area (TPSA) is 67.8 Å². The van der Waals surface area contributed by atoms with Crippen molar-refractivity contribution in [2.24, 2.45) is 0 Å². The lowest BCUT2D eigenvalue weighted by molar-refractivity contribution is -0.137. The summed E-state index contributed by atoms with van der Waals surface area (Å²) in [6.07, 6.45) is -0.145. The molecule has 3 aromatic rings. The number of hydrogen-bond acceptors (Lipinski definition) is 4. The molecule has 8 heteroatoms. The normalized spacial score (nSPS) is 11.2. The molecule has 0 radical (unpaired) electrons. The number of carbonyl (C=O) groups excluding carboxylic acids is 1.